The molecule has 0 bridgehead atoms. The van der Waals surface area contributed by atoms with Crippen molar-refractivity contribution in [1.82, 2.24) is 10.2 Å². The van der Waals surface area contributed by atoms with Gasteiger partial charge in [0.15, 0.2) is 0 Å². The van der Waals surface area contributed by atoms with Crippen LogP contribution < -0.4 is 5.32 Å². The van der Waals surface area contributed by atoms with Crippen LogP contribution in [-0.2, 0) is 14.3 Å². The number of carboxylic acid groups (broad SMARTS) is 1. The topological polar surface area (TPSA) is 95.9 Å². The molecule has 7 heteroatoms. The van der Waals surface area contributed by atoms with E-state index in [1.165, 1.54) is 11.1 Å². The molecule has 3 aliphatic rings. The Hall–Kier alpha value is -3.61. The standard InChI is InChI=1S/C27H28N2O5/c1-27(25(31)32)12-13-29(16-27)24(30)17-10-11-18(14-17)28-26(33)34-15-23-21-8-4-2-6-19(21)20-7-3-5-9-22(20)23/h2-11,17-18,23H,12-16H2,1H3,(H,28,33)(H,31,32). The van der Waals surface area contributed by atoms with Crippen LogP contribution in [0.5, 0.6) is 0 Å². The molecule has 1 aliphatic heterocycles. The van der Waals surface area contributed by atoms with Crippen LogP contribution in [0.2, 0.25) is 0 Å². The van der Waals surface area contributed by atoms with Crippen LogP contribution in [-0.4, -0.2) is 53.7 Å². The molecule has 2 aliphatic carbocycles. The van der Waals surface area contributed by atoms with Crippen molar-refractivity contribution in [2.24, 2.45) is 11.3 Å². The van der Waals surface area contributed by atoms with Gasteiger partial charge in [0.1, 0.15) is 6.61 Å². The molecule has 34 heavy (non-hydrogen) atoms. The van der Waals surface area contributed by atoms with E-state index >= 15 is 0 Å². The average molecular weight is 461 g/mol. The number of fused-ring (bicyclic) bond motifs is 3. The number of carbonyl (C=O) groups is 3. The second-order valence-electron chi connectivity index (χ2n) is 9.68. The first-order valence-electron chi connectivity index (χ1n) is 11.7. The zero-order valence-corrected chi connectivity index (χ0v) is 19.1. The maximum absolute atomic E-state index is 12.9. The molecular formula is C27H28N2O5. The molecular weight excluding hydrogens is 432 g/mol. The lowest BCUT2D eigenvalue weighted by Crippen LogP contribution is -2.39. The summed E-state index contributed by atoms with van der Waals surface area (Å²) >= 11 is 0. The Balaban J connectivity index is 1.15. The van der Waals surface area contributed by atoms with Gasteiger partial charge in [-0.3, -0.25) is 9.59 Å². The third kappa shape index (κ3) is 3.95. The summed E-state index contributed by atoms with van der Waals surface area (Å²) in [5.74, 6) is -1.34. The molecule has 1 fully saturated rings. The summed E-state index contributed by atoms with van der Waals surface area (Å²) in [6, 6.07) is 16.1. The SMILES string of the molecule is CC1(C(=O)O)CCN(C(=O)C2C=CC(NC(=O)OCC3c4ccccc4-c4ccccc43)C2)C1. The highest BCUT2D eigenvalue weighted by Gasteiger charge is 2.43. The van der Waals surface area contributed by atoms with Gasteiger partial charge in [0.05, 0.1) is 17.4 Å². The highest BCUT2D eigenvalue weighted by molar-refractivity contribution is 5.84. The van der Waals surface area contributed by atoms with E-state index in [9.17, 15) is 19.5 Å². The van der Waals surface area contributed by atoms with Crippen LogP contribution in [0.4, 0.5) is 4.79 Å². The van der Waals surface area contributed by atoms with E-state index in [-0.39, 0.29) is 36.9 Å². The van der Waals surface area contributed by atoms with Crippen LogP contribution in [0.1, 0.15) is 36.8 Å². The second-order valence-corrected chi connectivity index (χ2v) is 9.68. The number of likely N-dealkylation sites (tertiary alicyclic amines) is 1. The average Bonchev–Trinajstić information content (AvgIpc) is 3.54. The van der Waals surface area contributed by atoms with Gasteiger partial charge in [-0.15, -0.1) is 0 Å². The number of aliphatic carboxylic acids is 1. The van der Waals surface area contributed by atoms with Gasteiger partial charge in [-0.25, -0.2) is 4.79 Å². The van der Waals surface area contributed by atoms with Crippen molar-refractivity contribution in [1.29, 1.82) is 0 Å². The Morgan fingerprint density at radius 3 is 2.32 bits per heavy atom. The fourth-order valence-electron chi connectivity index (χ4n) is 5.34. The van der Waals surface area contributed by atoms with Gasteiger partial charge in [0.2, 0.25) is 5.91 Å². The van der Waals surface area contributed by atoms with E-state index < -0.39 is 17.5 Å². The molecule has 1 heterocycles. The third-order valence-electron chi connectivity index (χ3n) is 7.35. The lowest BCUT2D eigenvalue weighted by molar-refractivity contribution is -0.147. The summed E-state index contributed by atoms with van der Waals surface area (Å²) < 4.78 is 5.61. The number of ether oxygens (including phenoxy) is 1. The number of benzene rings is 2. The highest BCUT2D eigenvalue weighted by Crippen LogP contribution is 2.44. The Morgan fingerprint density at radius 2 is 1.71 bits per heavy atom. The largest absolute Gasteiger partial charge is 0.481 e. The van der Waals surface area contributed by atoms with Crippen LogP contribution in [0.3, 0.4) is 0 Å². The van der Waals surface area contributed by atoms with Gasteiger partial charge in [0, 0.05) is 19.0 Å². The van der Waals surface area contributed by atoms with Crippen molar-refractivity contribution in [2.45, 2.75) is 31.7 Å². The molecule has 5 rings (SSSR count). The summed E-state index contributed by atoms with van der Waals surface area (Å²) in [6.07, 6.45) is 4.00. The minimum absolute atomic E-state index is 0.00897. The van der Waals surface area contributed by atoms with E-state index in [0.29, 0.717) is 19.4 Å². The van der Waals surface area contributed by atoms with E-state index in [4.69, 9.17) is 4.74 Å². The van der Waals surface area contributed by atoms with Crippen molar-refractivity contribution >= 4 is 18.0 Å². The molecule has 3 unspecified atom stereocenters. The number of carbonyl (C=O) groups excluding carboxylic acids is 2. The molecule has 2 aromatic rings. The molecule has 2 amide bonds. The van der Waals surface area contributed by atoms with Crippen LogP contribution in [0, 0.1) is 11.3 Å². The number of hydrogen-bond acceptors (Lipinski definition) is 4. The minimum atomic E-state index is -0.892. The van der Waals surface area contributed by atoms with Crippen molar-refractivity contribution in [2.75, 3.05) is 19.7 Å². The van der Waals surface area contributed by atoms with Gasteiger partial charge in [-0.2, -0.15) is 0 Å². The van der Waals surface area contributed by atoms with Crippen molar-refractivity contribution < 1.29 is 24.2 Å². The predicted octanol–water partition coefficient (Wildman–Crippen LogP) is 3.79. The molecule has 0 saturated carbocycles. The van der Waals surface area contributed by atoms with Gasteiger partial charge >= 0.3 is 12.1 Å². The maximum Gasteiger partial charge on any atom is 0.407 e. The second kappa shape index (κ2) is 8.63. The van der Waals surface area contributed by atoms with Gasteiger partial charge in [-0.05, 0) is 42.0 Å². The van der Waals surface area contributed by atoms with Crippen molar-refractivity contribution in [3.63, 3.8) is 0 Å². The lowest BCUT2D eigenvalue weighted by atomic mass is 9.90. The maximum atomic E-state index is 12.9. The van der Waals surface area contributed by atoms with Crippen LogP contribution in [0.15, 0.2) is 60.7 Å². The summed E-state index contributed by atoms with van der Waals surface area (Å²) in [5, 5.41) is 12.3. The third-order valence-corrected chi connectivity index (χ3v) is 7.35. The predicted molar refractivity (Wildman–Crippen MR) is 126 cm³/mol. The monoisotopic (exact) mass is 460 g/mol. The first kappa shape index (κ1) is 22.2. The van der Waals surface area contributed by atoms with E-state index in [0.717, 1.165) is 11.1 Å². The van der Waals surface area contributed by atoms with Crippen LogP contribution in [0.25, 0.3) is 11.1 Å². The molecule has 0 aromatic heterocycles. The molecule has 2 N–H and O–H groups in total. The number of amides is 2. The lowest BCUT2D eigenvalue weighted by Gasteiger charge is -2.23. The number of alkyl carbamates (subject to hydrolysis) is 1. The fourth-order valence-corrected chi connectivity index (χ4v) is 5.34. The summed E-state index contributed by atoms with van der Waals surface area (Å²) in [7, 11) is 0. The van der Waals surface area contributed by atoms with Crippen LogP contribution >= 0.6 is 0 Å². The Labute approximate surface area is 198 Å². The summed E-state index contributed by atoms with van der Waals surface area (Å²) in [5.41, 5.74) is 3.77. The zero-order chi connectivity index (χ0) is 23.9. The highest BCUT2D eigenvalue weighted by atomic mass is 16.5. The van der Waals surface area contributed by atoms with Gasteiger partial charge in [-0.1, -0.05) is 60.7 Å². The van der Waals surface area contributed by atoms with Crippen molar-refractivity contribution in [3.8, 4) is 11.1 Å². The van der Waals surface area contributed by atoms with E-state index in [2.05, 4.69) is 29.6 Å². The number of rotatable bonds is 5. The smallest absolute Gasteiger partial charge is 0.407 e. The van der Waals surface area contributed by atoms with E-state index in [1.807, 2.05) is 30.3 Å². The molecule has 3 atom stereocenters. The Kier molecular flexibility index (Phi) is 5.63. The molecule has 176 valence electrons. The summed E-state index contributed by atoms with van der Waals surface area (Å²) in [4.78, 5) is 38.5. The van der Waals surface area contributed by atoms with Gasteiger partial charge in [0.25, 0.3) is 0 Å². The molecule has 2 aromatic carbocycles. The zero-order valence-electron chi connectivity index (χ0n) is 19.1. The number of carboxylic acids is 1. The number of nitrogens with one attached hydrogen (secondary N) is 1. The quantitative estimate of drug-likeness (QED) is 0.662. The molecule has 1 saturated heterocycles. The molecule has 7 nitrogen and oxygen atoms in total. The number of hydrogen-bond donors (Lipinski definition) is 2. The molecule has 0 spiro atoms. The first-order chi connectivity index (χ1) is 16.4. The van der Waals surface area contributed by atoms with Gasteiger partial charge < -0.3 is 20.1 Å². The van der Waals surface area contributed by atoms with E-state index in [1.54, 1.807) is 17.9 Å². The Bertz CT molecular complexity index is 1130. The minimum Gasteiger partial charge on any atom is -0.481 e. The molecule has 0 radical (unpaired) electrons. The van der Waals surface area contributed by atoms with Crippen molar-refractivity contribution in [3.05, 3.63) is 71.8 Å². The Morgan fingerprint density at radius 1 is 1.06 bits per heavy atom. The fraction of sp³-hybridized carbons (Fsp3) is 0.370. The summed E-state index contributed by atoms with van der Waals surface area (Å²) in [6.45, 7) is 2.57. The first-order valence-corrected chi connectivity index (χ1v) is 11.7. The number of nitrogens with zero attached hydrogens (tertiary/aromatic N) is 1. The normalized spacial score (nSPS) is 25.1.